The predicted molar refractivity (Wildman–Crippen MR) is 135 cm³/mol. The molecular formula is C28H32O9S. The third-order valence-corrected chi connectivity index (χ3v) is 10.7. The van der Waals surface area contributed by atoms with E-state index in [2.05, 4.69) is 0 Å². The van der Waals surface area contributed by atoms with Crippen molar-refractivity contribution in [3.63, 3.8) is 0 Å². The minimum absolute atomic E-state index is 0.0229. The van der Waals surface area contributed by atoms with Crippen molar-refractivity contribution in [2.24, 2.45) is 28.6 Å². The topological polar surface area (TPSA) is 155 Å². The molecule has 10 heteroatoms. The molecule has 0 aromatic heterocycles. The summed E-state index contributed by atoms with van der Waals surface area (Å²) in [6.07, 6.45) is 6.60. The van der Waals surface area contributed by atoms with Gasteiger partial charge >= 0.3 is 5.97 Å². The maximum Gasteiger partial charge on any atom is 0.339 e. The van der Waals surface area contributed by atoms with E-state index in [0.29, 0.717) is 12.8 Å². The van der Waals surface area contributed by atoms with Crippen molar-refractivity contribution < 1.29 is 42.3 Å². The molecule has 0 radical (unpaired) electrons. The summed E-state index contributed by atoms with van der Waals surface area (Å²) in [5.41, 5.74) is -2.69. The molecule has 3 N–H and O–H groups in total. The van der Waals surface area contributed by atoms with Crippen LogP contribution in [0.2, 0.25) is 0 Å². The minimum Gasteiger partial charge on any atom is -0.454 e. The number of hydrogen-bond donors (Lipinski definition) is 3. The van der Waals surface area contributed by atoms with Crippen LogP contribution in [0.15, 0.2) is 53.0 Å². The fourth-order valence-electron chi connectivity index (χ4n) is 7.98. The van der Waals surface area contributed by atoms with Crippen LogP contribution in [0.1, 0.15) is 56.3 Å². The van der Waals surface area contributed by atoms with Gasteiger partial charge in [0, 0.05) is 16.7 Å². The molecule has 204 valence electrons. The number of hydrogen-bond acceptors (Lipinski definition) is 8. The fraction of sp³-hybridized carbons (Fsp3) is 0.536. The average molecular weight is 545 g/mol. The van der Waals surface area contributed by atoms with Crippen molar-refractivity contribution in [2.75, 3.05) is 6.61 Å². The van der Waals surface area contributed by atoms with Gasteiger partial charge in [-0.15, -0.1) is 0 Å². The summed E-state index contributed by atoms with van der Waals surface area (Å²) in [6, 6.07) is 4.94. The lowest BCUT2D eigenvalue weighted by atomic mass is 9.46. The van der Waals surface area contributed by atoms with E-state index in [-0.39, 0.29) is 36.4 Å². The molecule has 0 bridgehead atoms. The second-order valence-electron chi connectivity index (χ2n) is 11.6. The summed E-state index contributed by atoms with van der Waals surface area (Å²) < 4.78 is 37.8. The summed E-state index contributed by atoms with van der Waals surface area (Å²) >= 11 is 0. The van der Waals surface area contributed by atoms with Crippen LogP contribution in [-0.2, 0) is 24.4 Å². The summed E-state index contributed by atoms with van der Waals surface area (Å²) in [7, 11) is -4.69. The molecule has 9 nitrogen and oxygen atoms in total. The number of fused-ring (bicyclic) bond motifs is 5. The Morgan fingerprint density at radius 3 is 2.58 bits per heavy atom. The number of Topliss-reactive ketones (excluding diaryl/α,β-unsaturated/α-hetero) is 1. The van der Waals surface area contributed by atoms with Gasteiger partial charge in [-0.25, -0.2) is 4.79 Å². The fourth-order valence-corrected chi connectivity index (χ4v) is 8.66. The molecule has 4 aliphatic carbocycles. The molecule has 7 atom stereocenters. The molecule has 0 amide bonds. The first-order valence-corrected chi connectivity index (χ1v) is 14.3. The van der Waals surface area contributed by atoms with Gasteiger partial charge in [0.25, 0.3) is 10.1 Å². The third-order valence-electron chi connectivity index (χ3n) is 9.83. The van der Waals surface area contributed by atoms with Gasteiger partial charge in [-0.2, -0.15) is 8.42 Å². The van der Waals surface area contributed by atoms with Gasteiger partial charge < -0.3 is 14.9 Å². The number of carbonyl (C=O) groups is 3. The molecule has 3 saturated carbocycles. The van der Waals surface area contributed by atoms with Crippen LogP contribution in [0.25, 0.3) is 0 Å². The average Bonchev–Trinajstić information content (AvgIpc) is 3.13. The Morgan fingerprint density at radius 2 is 1.87 bits per heavy atom. The van der Waals surface area contributed by atoms with E-state index in [9.17, 15) is 37.6 Å². The molecule has 0 heterocycles. The molecule has 1 aromatic rings. The highest BCUT2D eigenvalue weighted by Crippen LogP contribution is 2.67. The van der Waals surface area contributed by atoms with Crippen LogP contribution < -0.4 is 0 Å². The van der Waals surface area contributed by atoms with Crippen molar-refractivity contribution in [1.82, 2.24) is 0 Å². The lowest BCUT2D eigenvalue weighted by Gasteiger charge is -2.59. The monoisotopic (exact) mass is 544 g/mol. The Bertz CT molecular complexity index is 1380. The van der Waals surface area contributed by atoms with Gasteiger partial charge in [0.05, 0.1) is 11.7 Å². The summed E-state index contributed by atoms with van der Waals surface area (Å²) in [4.78, 5) is 37.4. The first-order chi connectivity index (χ1) is 17.7. The lowest BCUT2D eigenvalue weighted by Crippen LogP contribution is -2.61. The second kappa shape index (κ2) is 8.94. The predicted octanol–water partition coefficient (Wildman–Crippen LogP) is 2.67. The zero-order valence-corrected chi connectivity index (χ0v) is 22.1. The number of ether oxygens (including phenoxy) is 1. The Morgan fingerprint density at radius 1 is 1.16 bits per heavy atom. The lowest BCUT2D eigenvalue weighted by molar-refractivity contribution is -0.178. The van der Waals surface area contributed by atoms with Crippen molar-refractivity contribution in [1.29, 1.82) is 0 Å². The van der Waals surface area contributed by atoms with E-state index < -0.39 is 61.5 Å². The van der Waals surface area contributed by atoms with Crippen LogP contribution in [0.4, 0.5) is 0 Å². The third kappa shape index (κ3) is 3.92. The van der Waals surface area contributed by atoms with E-state index in [1.807, 2.05) is 19.9 Å². The van der Waals surface area contributed by atoms with Crippen LogP contribution in [0.5, 0.6) is 0 Å². The van der Waals surface area contributed by atoms with E-state index >= 15 is 0 Å². The quantitative estimate of drug-likeness (QED) is 0.375. The number of rotatable bonds is 5. The molecule has 3 fully saturated rings. The molecule has 0 saturated heterocycles. The molecule has 0 spiro atoms. The number of esters is 1. The normalized spacial score (nSPS) is 38.0. The number of carbonyl (C=O) groups excluding carboxylic acids is 3. The zero-order chi connectivity index (χ0) is 27.7. The Balaban J connectivity index is 1.37. The van der Waals surface area contributed by atoms with E-state index in [4.69, 9.17) is 4.74 Å². The van der Waals surface area contributed by atoms with Crippen molar-refractivity contribution in [2.45, 2.75) is 62.6 Å². The maximum absolute atomic E-state index is 13.4. The first kappa shape index (κ1) is 26.9. The van der Waals surface area contributed by atoms with Gasteiger partial charge in [-0.1, -0.05) is 37.6 Å². The number of allylic oxidation sites excluding steroid dienone is 4. The number of aliphatic hydroxyl groups excluding tert-OH is 1. The van der Waals surface area contributed by atoms with Crippen LogP contribution in [0.3, 0.4) is 0 Å². The first-order valence-electron chi connectivity index (χ1n) is 12.8. The molecular weight excluding hydrogens is 512 g/mol. The van der Waals surface area contributed by atoms with Gasteiger partial charge in [-0.05, 0) is 68.2 Å². The molecule has 4 unspecified atom stereocenters. The van der Waals surface area contributed by atoms with E-state index in [0.717, 1.165) is 24.1 Å². The van der Waals surface area contributed by atoms with Crippen molar-refractivity contribution >= 4 is 27.7 Å². The van der Waals surface area contributed by atoms with Crippen LogP contribution in [-0.4, -0.2) is 59.0 Å². The molecule has 0 aliphatic heterocycles. The summed E-state index contributed by atoms with van der Waals surface area (Å²) in [5, 5.41) is 23.2. The Kier molecular flexibility index (Phi) is 6.34. The number of aliphatic hydroxyl groups is 2. The summed E-state index contributed by atoms with van der Waals surface area (Å²) in [5.74, 6) is -2.08. The van der Waals surface area contributed by atoms with E-state index in [1.165, 1.54) is 12.1 Å². The van der Waals surface area contributed by atoms with Gasteiger partial charge in [0.1, 0.15) is 10.5 Å². The highest BCUT2D eigenvalue weighted by Gasteiger charge is 2.68. The van der Waals surface area contributed by atoms with Crippen LogP contribution >= 0.6 is 0 Å². The van der Waals surface area contributed by atoms with Gasteiger partial charge in [-0.3, -0.25) is 14.1 Å². The van der Waals surface area contributed by atoms with E-state index in [1.54, 1.807) is 12.2 Å². The zero-order valence-electron chi connectivity index (χ0n) is 21.3. The van der Waals surface area contributed by atoms with Gasteiger partial charge in [0.2, 0.25) is 5.78 Å². The molecule has 38 heavy (non-hydrogen) atoms. The maximum atomic E-state index is 13.4. The van der Waals surface area contributed by atoms with Gasteiger partial charge in [0.15, 0.2) is 12.4 Å². The Hall–Kier alpha value is -2.66. The Labute approximate surface area is 221 Å². The summed E-state index contributed by atoms with van der Waals surface area (Å²) in [6.45, 7) is 3.07. The SMILES string of the molecule is C[C@]12C=CC(=O)C=C1CCC1C2C(O)C[C@@]2(C)C1CC[C@]2(O)C(=O)COC(=O)c1ccccc1S(=O)(=O)O. The standard InChI is InChI=1S/C28H32O9S/c1-26-11-9-17(29)13-16(26)7-8-18-20-10-12-28(33,27(20,2)14-21(30)24(18)26)23(31)15-37-25(32)19-5-3-4-6-22(19)38(34,35)36/h3-6,9,11,13,18,20-21,24,30,33H,7-8,10,12,14-15H2,1-2H3,(H,34,35,36)/t18?,20?,21?,24?,26-,27-,28-/m0/s1. The second-order valence-corrected chi connectivity index (χ2v) is 13.0. The largest absolute Gasteiger partial charge is 0.454 e. The molecule has 5 rings (SSSR count). The number of benzene rings is 1. The smallest absolute Gasteiger partial charge is 0.339 e. The molecule has 1 aromatic carbocycles. The van der Waals surface area contributed by atoms with Crippen molar-refractivity contribution in [3.05, 3.63) is 53.6 Å². The highest BCUT2D eigenvalue weighted by atomic mass is 32.2. The van der Waals surface area contributed by atoms with Crippen LogP contribution in [0, 0.1) is 28.6 Å². The minimum atomic E-state index is -4.69. The van der Waals surface area contributed by atoms with Crippen molar-refractivity contribution in [3.8, 4) is 0 Å². The highest BCUT2D eigenvalue weighted by molar-refractivity contribution is 7.86. The molecule has 4 aliphatic rings. The number of ketones is 2.